The molecule has 1 aliphatic rings. The molecule has 0 aliphatic carbocycles. The van der Waals surface area contributed by atoms with Crippen molar-refractivity contribution in [3.63, 3.8) is 0 Å². The van der Waals surface area contributed by atoms with Crippen molar-refractivity contribution in [2.24, 2.45) is 16.8 Å². The van der Waals surface area contributed by atoms with Crippen LogP contribution in [-0.2, 0) is 4.79 Å². The third-order valence-corrected chi connectivity index (χ3v) is 3.34. The Labute approximate surface area is 126 Å². The number of aromatic nitrogens is 1. The molecule has 9 heteroatoms. The van der Waals surface area contributed by atoms with Gasteiger partial charge in [0.05, 0.1) is 11.7 Å². The van der Waals surface area contributed by atoms with Crippen LogP contribution >= 0.6 is 0 Å². The number of urea groups is 1. The molecule has 9 nitrogen and oxygen atoms in total. The highest BCUT2D eigenvalue weighted by atomic mass is 16.2. The zero-order valence-electron chi connectivity index (χ0n) is 12.1. The molecule has 0 radical (unpaired) electrons. The van der Waals surface area contributed by atoms with Gasteiger partial charge in [-0.15, -0.1) is 0 Å². The molecule has 1 saturated heterocycles. The average molecular weight is 304 g/mol. The van der Waals surface area contributed by atoms with E-state index in [1.165, 1.54) is 31.4 Å². The maximum Gasteiger partial charge on any atom is 0.327 e. The number of hydrogen-bond donors (Lipinski definition) is 2. The van der Waals surface area contributed by atoms with E-state index >= 15 is 0 Å². The number of hydrazone groups is 1. The van der Waals surface area contributed by atoms with Gasteiger partial charge >= 0.3 is 6.03 Å². The van der Waals surface area contributed by atoms with Gasteiger partial charge in [-0.25, -0.2) is 10.2 Å². The standard InChI is InChI=1S/C13H16N6O3/c1-18-10(14)9(12(21)19(2)13(18)22)7-16-17-11(20)8-4-3-5-15-6-8/h3-7,9-10H,14H2,1-2H3,(H,17,20)/b16-7-. The number of rotatable bonds is 3. The molecular weight excluding hydrogens is 288 g/mol. The maximum atomic E-state index is 12.0. The lowest BCUT2D eigenvalue weighted by Crippen LogP contribution is -2.62. The van der Waals surface area contributed by atoms with E-state index < -0.39 is 29.9 Å². The number of carbonyl (C=O) groups is 3. The Morgan fingerprint density at radius 3 is 2.82 bits per heavy atom. The van der Waals surface area contributed by atoms with Crippen LogP contribution in [0.2, 0.25) is 0 Å². The Hall–Kier alpha value is -2.81. The zero-order chi connectivity index (χ0) is 16.3. The number of nitrogens with one attached hydrogen (secondary N) is 1. The Balaban J connectivity index is 2.04. The van der Waals surface area contributed by atoms with Crippen molar-refractivity contribution in [1.82, 2.24) is 20.2 Å². The summed E-state index contributed by atoms with van der Waals surface area (Å²) in [7, 11) is 2.85. The van der Waals surface area contributed by atoms with E-state index in [-0.39, 0.29) is 0 Å². The summed E-state index contributed by atoms with van der Waals surface area (Å²) in [4.78, 5) is 41.5. The van der Waals surface area contributed by atoms with Gasteiger partial charge in [0, 0.05) is 32.7 Å². The van der Waals surface area contributed by atoms with Crippen molar-refractivity contribution < 1.29 is 14.4 Å². The number of hydrogen-bond acceptors (Lipinski definition) is 6. The van der Waals surface area contributed by atoms with Crippen LogP contribution in [0.15, 0.2) is 29.6 Å². The predicted octanol–water partition coefficient (Wildman–Crippen LogP) is -0.778. The molecule has 116 valence electrons. The topological polar surface area (TPSA) is 121 Å². The molecule has 2 atom stereocenters. The monoisotopic (exact) mass is 304 g/mol. The summed E-state index contributed by atoms with van der Waals surface area (Å²) >= 11 is 0. The first-order chi connectivity index (χ1) is 10.4. The molecule has 2 unspecified atom stereocenters. The lowest BCUT2D eigenvalue weighted by Gasteiger charge is -2.38. The molecule has 3 N–H and O–H groups in total. The fourth-order valence-corrected chi connectivity index (χ4v) is 1.96. The first kappa shape index (κ1) is 15.6. The van der Waals surface area contributed by atoms with Crippen molar-refractivity contribution in [3.8, 4) is 0 Å². The molecule has 0 saturated carbocycles. The minimum atomic E-state index is -0.838. The van der Waals surface area contributed by atoms with Gasteiger partial charge in [-0.05, 0) is 12.1 Å². The summed E-state index contributed by atoms with van der Waals surface area (Å²) in [5.41, 5.74) is 8.46. The minimum Gasteiger partial charge on any atom is -0.311 e. The number of pyridine rings is 1. The first-order valence-electron chi connectivity index (χ1n) is 6.47. The van der Waals surface area contributed by atoms with E-state index in [0.717, 1.165) is 4.90 Å². The highest BCUT2D eigenvalue weighted by molar-refractivity contribution is 6.05. The van der Waals surface area contributed by atoms with Crippen LogP contribution in [0.1, 0.15) is 10.4 Å². The molecule has 4 amide bonds. The van der Waals surface area contributed by atoms with Crippen LogP contribution in [0.5, 0.6) is 0 Å². The molecule has 2 heterocycles. The number of nitrogens with two attached hydrogens (primary N) is 1. The second-order valence-corrected chi connectivity index (χ2v) is 4.77. The highest BCUT2D eigenvalue weighted by Crippen LogP contribution is 2.15. The smallest absolute Gasteiger partial charge is 0.311 e. The second kappa shape index (κ2) is 6.31. The van der Waals surface area contributed by atoms with E-state index in [4.69, 9.17) is 5.73 Å². The lowest BCUT2D eigenvalue weighted by atomic mass is 10.0. The van der Waals surface area contributed by atoms with E-state index in [1.807, 2.05) is 0 Å². The summed E-state index contributed by atoms with van der Waals surface area (Å²) in [5.74, 6) is -1.77. The number of imide groups is 1. The average Bonchev–Trinajstić information content (AvgIpc) is 2.55. The third-order valence-electron chi connectivity index (χ3n) is 3.34. The largest absolute Gasteiger partial charge is 0.327 e. The Morgan fingerprint density at radius 1 is 1.45 bits per heavy atom. The predicted molar refractivity (Wildman–Crippen MR) is 77.6 cm³/mol. The van der Waals surface area contributed by atoms with Gasteiger partial charge < -0.3 is 10.6 Å². The van der Waals surface area contributed by atoms with Gasteiger partial charge in [0.25, 0.3) is 5.91 Å². The molecule has 1 fully saturated rings. The zero-order valence-corrected chi connectivity index (χ0v) is 12.1. The van der Waals surface area contributed by atoms with Crippen LogP contribution in [-0.4, -0.2) is 59.1 Å². The van der Waals surface area contributed by atoms with Crippen molar-refractivity contribution in [2.45, 2.75) is 6.17 Å². The van der Waals surface area contributed by atoms with Gasteiger partial charge in [0.2, 0.25) is 5.91 Å². The molecule has 2 rings (SSSR count). The van der Waals surface area contributed by atoms with Crippen molar-refractivity contribution in [3.05, 3.63) is 30.1 Å². The Bertz CT molecular complexity index is 617. The van der Waals surface area contributed by atoms with E-state index in [2.05, 4.69) is 15.5 Å². The minimum absolute atomic E-state index is 0.336. The Morgan fingerprint density at radius 2 is 2.18 bits per heavy atom. The van der Waals surface area contributed by atoms with Crippen LogP contribution in [0.3, 0.4) is 0 Å². The molecule has 0 aromatic carbocycles. The van der Waals surface area contributed by atoms with Crippen molar-refractivity contribution in [1.29, 1.82) is 0 Å². The molecule has 0 bridgehead atoms. The van der Waals surface area contributed by atoms with Crippen molar-refractivity contribution in [2.75, 3.05) is 14.1 Å². The van der Waals surface area contributed by atoms with Crippen LogP contribution in [0.25, 0.3) is 0 Å². The van der Waals surface area contributed by atoms with Gasteiger partial charge in [-0.3, -0.25) is 19.5 Å². The van der Waals surface area contributed by atoms with Gasteiger partial charge in [-0.2, -0.15) is 5.10 Å². The third kappa shape index (κ3) is 2.93. The molecule has 1 aromatic heterocycles. The van der Waals surface area contributed by atoms with Crippen LogP contribution in [0.4, 0.5) is 4.79 Å². The Kier molecular flexibility index (Phi) is 4.47. The quantitative estimate of drug-likeness (QED) is 0.560. The molecule has 0 spiro atoms. The molecule has 1 aromatic rings. The van der Waals surface area contributed by atoms with E-state index in [9.17, 15) is 14.4 Å². The number of amides is 4. The van der Waals surface area contributed by atoms with Crippen molar-refractivity contribution >= 4 is 24.1 Å². The lowest BCUT2D eigenvalue weighted by molar-refractivity contribution is -0.133. The van der Waals surface area contributed by atoms with Crippen LogP contribution in [0, 0.1) is 5.92 Å². The second-order valence-electron chi connectivity index (χ2n) is 4.77. The van der Waals surface area contributed by atoms with Gasteiger partial charge in [0.1, 0.15) is 5.92 Å². The number of carbonyl (C=O) groups excluding carboxylic acids is 3. The van der Waals surface area contributed by atoms with E-state index in [1.54, 1.807) is 18.3 Å². The summed E-state index contributed by atoms with van der Waals surface area (Å²) < 4.78 is 0. The summed E-state index contributed by atoms with van der Waals surface area (Å²) in [6, 6.07) is 2.71. The normalized spacial score (nSPS) is 22.3. The fraction of sp³-hybridized carbons (Fsp3) is 0.308. The molecule has 22 heavy (non-hydrogen) atoms. The summed E-state index contributed by atoms with van der Waals surface area (Å²) in [5, 5.41) is 3.75. The SMILES string of the molecule is CN1C(=O)C(/C=N\NC(=O)c2cccnc2)C(N)N(C)C1=O. The molecule has 1 aliphatic heterocycles. The van der Waals surface area contributed by atoms with E-state index in [0.29, 0.717) is 5.56 Å². The van der Waals surface area contributed by atoms with Gasteiger partial charge in [0.15, 0.2) is 0 Å². The van der Waals surface area contributed by atoms with Crippen LogP contribution < -0.4 is 11.2 Å². The fourth-order valence-electron chi connectivity index (χ4n) is 1.96. The summed E-state index contributed by atoms with van der Waals surface area (Å²) in [6.07, 6.45) is 3.32. The number of nitrogens with zero attached hydrogens (tertiary/aromatic N) is 4. The summed E-state index contributed by atoms with van der Waals surface area (Å²) in [6.45, 7) is 0. The maximum absolute atomic E-state index is 12.0. The highest BCUT2D eigenvalue weighted by Gasteiger charge is 2.40. The molecular formula is C13H16N6O3. The first-order valence-corrected chi connectivity index (χ1v) is 6.47. The van der Waals surface area contributed by atoms with Gasteiger partial charge in [-0.1, -0.05) is 0 Å².